The molecule has 0 radical (unpaired) electrons. The summed E-state index contributed by atoms with van der Waals surface area (Å²) in [6, 6.07) is 12.2. The highest BCUT2D eigenvalue weighted by Gasteiger charge is 2.19. The lowest BCUT2D eigenvalue weighted by Gasteiger charge is -2.28. The summed E-state index contributed by atoms with van der Waals surface area (Å²) < 4.78 is 5.52. The molecule has 3 rings (SSSR count). The Kier molecular flexibility index (Phi) is 6.76. The third-order valence-corrected chi connectivity index (χ3v) is 5.28. The van der Waals surface area contributed by atoms with Gasteiger partial charge in [-0.3, -0.25) is 4.79 Å². The van der Waals surface area contributed by atoms with Crippen LogP contribution in [0.4, 0.5) is 11.4 Å². The summed E-state index contributed by atoms with van der Waals surface area (Å²) in [6.07, 6.45) is 7.92. The molecule has 4 heteroatoms. The van der Waals surface area contributed by atoms with Gasteiger partial charge in [-0.15, -0.1) is 0 Å². The largest absolute Gasteiger partial charge is 0.496 e. The molecule has 0 aromatic heterocycles. The number of carbonyl (C=O) groups is 1. The van der Waals surface area contributed by atoms with Crippen LogP contribution in [-0.4, -0.2) is 37.6 Å². The van der Waals surface area contributed by atoms with Crippen molar-refractivity contribution >= 4 is 23.4 Å². The number of hydrogen-bond donors (Lipinski definition) is 0. The van der Waals surface area contributed by atoms with Crippen molar-refractivity contribution in [2.45, 2.75) is 26.7 Å². The number of nitrogens with zero attached hydrogens (tertiary/aromatic N) is 2. The van der Waals surface area contributed by atoms with Crippen LogP contribution < -0.4 is 9.64 Å². The number of aryl methyl sites for hydroxylation is 1. The Labute approximate surface area is 174 Å². The lowest BCUT2D eigenvalue weighted by Crippen LogP contribution is -2.33. The molecule has 0 fully saturated rings. The minimum atomic E-state index is 0.0723. The van der Waals surface area contributed by atoms with Crippen molar-refractivity contribution in [3.05, 3.63) is 71.8 Å². The van der Waals surface area contributed by atoms with Gasteiger partial charge in [-0.2, -0.15) is 0 Å². The van der Waals surface area contributed by atoms with Crippen LogP contribution in [0.2, 0.25) is 0 Å². The summed E-state index contributed by atoms with van der Waals surface area (Å²) >= 11 is 0. The van der Waals surface area contributed by atoms with Crippen LogP contribution in [0, 0.1) is 6.92 Å². The van der Waals surface area contributed by atoms with Gasteiger partial charge in [0.1, 0.15) is 5.75 Å². The summed E-state index contributed by atoms with van der Waals surface area (Å²) in [4.78, 5) is 17.0. The topological polar surface area (TPSA) is 32.8 Å². The Hall–Kier alpha value is -3.01. The molecule has 0 N–H and O–H groups in total. The molecule has 0 spiro atoms. The van der Waals surface area contributed by atoms with Crippen molar-refractivity contribution in [2.24, 2.45) is 0 Å². The summed E-state index contributed by atoms with van der Waals surface area (Å²) in [5.41, 5.74) is 4.88. The molecule has 1 aliphatic heterocycles. The van der Waals surface area contributed by atoms with Gasteiger partial charge >= 0.3 is 0 Å². The molecule has 4 nitrogen and oxygen atoms in total. The van der Waals surface area contributed by atoms with E-state index < -0.39 is 0 Å². The first-order chi connectivity index (χ1) is 14.1. The molecule has 0 atom stereocenters. The number of amides is 1. The highest BCUT2D eigenvalue weighted by molar-refractivity contribution is 5.96. The fourth-order valence-corrected chi connectivity index (χ4v) is 3.69. The second-order valence-corrected chi connectivity index (χ2v) is 7.29. The molecule has 0 saturated carbocycles. The molecule has 1 aliphatic rings. The van der Waals surface area contributed by atoms with E-state index in [2.05, 4.69) is 48.8 Å². The fraction of sp³-hybridized carbons (Fsp3) is 0.320. The zero-order valence-corrected chi connectivity index (χ0v) is 17.6. The Morgan fingerprint density at radius 2 is 2.07 bits per heavy atom. The van der Waals surface area contributed by atoms with E-state index in [0.717, 1.165) is 54.2 Å². The summed E-state index contributed by atoms with van der Waals surface area (Å²) in [6.45, 7) is 10.5. The average molecular weight is 391 g/mol. The van der Waals surface area contributed by atoms with E-state index in [1.807, 2.05) is 36.1 Å². The Morgan fingerprint density at radius 1 is 1.24 bits per heavy atom. The zero-order valence-electron chi connectivity index (χ0n) is 17.6. The first kappa shape index (κ1) is 20.7. The molecule has 0 saturated heterocycles. The Bertz CT molecular complexity index is 917. The third kappa shape index (κ3) is 4.53. The first-order valence-corrected chi connectivity index (χ1v) is 10.2. The summed E-state index contributed by atoms with van der Waals surface area (Å²) in [7, 11) is 1.70. The average Bonchev–Trinajstić information content (AvgIpc) is 2.77. The summed E-state index contributed by atoms with van der Waals surface area (Å²) in [5, 5.41) is 0. The van der Waals surface area contributed by atoms with Gasteiger partial charge in [-0.1, -0.05) is 37.8 Å². The smallest absolute Gasteiger partial charge is 0.254 e. The molecule has 0 aliphatic carbocycles. The third-order valence-electron chi connectivity index (χ3n) is 5.28. The van der Waals surface area contributed by atoms with Crippen molar-refractivity contribution in [3.8, 4) is 5.75 Å². The predicted molar refractivity (Wildman–Crippen MR) is 121 cm³/mol. The number of anilines is 2. The Morgan fingerprint density at radius 3 is 2.72 bits per heavy atom. The zero-order chi connectivity index (χ0) is 20.8. The second-order valence-electron chi connectivity index (χ2n) is 7.29. The van der Waals surface area contributed by atoms with E-state index in [0.29, 0.717) is 12.1 Å². The molecule has 0 bridgehead atoms. The van der Waals surface area contributed by atoms with Gasteiger partial charge in [-0.25, -0.2) is 0 Å². The highest BCUT2D eigenvalue weighted by atomic mass is 16.5. The number of carbonyl (C=O) groups excluding carboxylic acids is 1. The second kappa shape index (κ2) is 9.46. The quantitative estimate of drug-likeness (QED) is 0.577. The molecular weight excluding hydrogens is 360 g/mol. The SMILES string of the molecule is C=Cc1cc(C(=O)N2CC=CCC2)ccc1N(CCC)c1ccc(C)c(OC)c1. The summed E-state index contributed by atoms with van der Waals surface area (Å²) in [5.74, 6) is 0.941. The number of ether oxygens (including phenoxy) is 1. The van der Waals surface area contributed by atoms with E-state index >= 15 is 0 Å². The van der Waals surface area contributed by atoms with E-state index in [1.165, 1.54) is 0 Å². The minimum Gasteiger partial charge on any atom is -0.496 e. The van der Waals surface area contributed by atoms with Crippen molar-refractivity contribution in [3.63, 3.8) is 0 Å². The lowest BCUT2D eigenvalue weighted by atomic mass is 10.0. The normalized spacial score (nSPS) is 13.3. The predicted octanol–water partition coefficient (Wildman–Crippen LogP) is 5.60. The highest BCUT2D eigenvalue weighted by Crippen LogP contribution is 2.34. The van der Waals surface area contributed by atoms with Crippen LogP contribution in [0.3, 0.4) is 0 Å². The van der Waals surface area contributed by atoms with Crippen molar-refractivity contribution < 1.29 is 9.53 Å². The maximum atomic E-state index is 12.9. The van der Waals surface area contributed by atoms with Gasteiger partial charge in [0, 0.05) is 42.6 Å². The van der Waals surface area contributed by atoms with E-state index in [4.69, 9.17) is 4.74 Å². The van der Waals surface area contributed by atoms with Crippen LogP contribution in [0.1, 0.15) is 41.3 Å². The molecule has 2 aromatic rings. The van der Waals surface area contributed by atoms with E-state index in [-0.39, 0.29) is 5.91 Å². The minimum absolute atomic E-state index is 0.0723. The van der Waals surface area contributed by atoms with E-state index in [1.54, 1.807) is 7.11 Å². The lowest BCUT2D eigenvalue weighted by molar-refractivity contribution is 0.0771. The Balaban J connectivity index is 1.97. The van der Waals surface area contributed by atoms with Crippen molar-refractivity contribution in [2.75, 3.05) is 31.6 Å². The monoisotopic (exact) mass is 390 g/mol. The van der Waals surface area contributed by atoms with Gasteiger partial charge in [0.15, 0.2) is 0 Å². The van der Waals surface area contributed by atoms with Crippen LogP contribution in [-0.2, 0) is 0 Å². The van der Waals surface area contributed by atoms with Gasteiger partial charge in [-0.05, 0) is 55.2 Å². The molecule has 2 aromatic carbocycles. The number of methoxy groups -OCH3 is 1. The number of rotatable bonds is 7. The fourth-order valence-electron chi connectivity index (χ4n) is 3.69. The molecule has 152 valence electrons. The number of hydrogen-bond acceptors (Lipinski definition) is 3. The standard InChI is InChI=1S/C25H30N2O2/c1-5-14-27(22-12-10-19(3)24(18-22)29-4)23-13-11-21(17-20(23)6-2)25(28)26-15-8-7-9-16-26/h6-8,10-13,17-18H,2,5,9,14-16H2,1,3-4H3. The van der Waals surface area contributed by atoms with Gasteiger partial charge in [0.25, 0.3) is 5.91 Å². The van der Waals surface area contributed by atoms with E-state index in [9.17, 15) is 4.79 Å². The number of benzene rings is 2. The molecule has 1 heterocycles. The molecular formula is C25H30N2O2. The maximum absolute atomic E-state index is 12.9. The van der Waals surface area contributed by atoms with Gasteiger partial charge in [0.05, 0.1) is 7.11 Å². The van der Waals surface area contributed by atoms with Gasteiger partial charge < -0.3 is 14.5 Å². The first-order valence-electron chi connectivity index (χ1n) is 10.2. The molecule has 29 heavy (non-hydrogen) atoms. The van der Waals surface area contributed by atoms with Crippen molar-refractivity contribution in [1.82, 2.24) is 4.90 Å². The van der Waals surface area contributed by atoms with Crippen molar-refractivity contribution in [1.29, 1.82) is 0 Å². The molecule has 0 unspecified atom stereocenters. The van der Waals surface area contributed by atoms with Crippen LogP contribution in [0.5, 0.6) is 5.75 Å². The van der Waals surface area contributed by atoms with Crippen LogP contribution >= 0.6 is 0 Å². The van der Waals surface area contributed by atoms with Crippen LogP contribution in [0.15, 0.2) is 55.1 Å². The molecule has 1 amide bonds. The van der Waals surface area contributed by atoms with Gasteiger partial charge in [0.2, 0.25) is 0 Å². The maximum Gasteiger partial charge on any atom is 0.254 e. The van der Waals surface area contributed by atoms with Crippen LogP contribution in [0.25, 0.3) is 6.08 Å².